The molecule has 0 aliphatic rings. The molecule has 2 aromatic rings. The zero-order valence-corrected chi connectivity index (χ0v) is 9.41. The fourth-order valence-corrected chi connectivity index (χ4v) is 1.66. The molecule has 0 unspecified atom stereocenters. The van der Waals surface area contributed by atoms with Crippen LogP contribution in [0, 0.1) is 12.7 Å². The van der Waals surface area contributed by atoms with E-state index in [4.69, 9.17) is 5.73 Å². The van der Waals surface area contributed by atoms with Crippen molar-refractivity contribution in [2.45, 2.75) is 6.92 Å². The maximum absolute atomic E-state index is 13.6. The molecule has 0 heterocycles. The highest BCUT2D eigenvalue weighted by molar-refractivity contribution is 6.12. The molecule has 3 heteroatoms. The number of hydrogen-bond acceptors (Lipinski definition) is 2. The quantitative estimate of drug-likeness (QED) is 0.635. The zero-order valence-electron chi connectivity index (χ0n) is 9.41. The number of rotatable bonds is 2. The third kappa shape index (κ3) is 2.18. The molecule has 0 spiro atoms. The lowest BCUT2D eigenvalue weighted by molar-refractivity contribution is 0.103. The highest BCUT2D eigenvalue weighted by Crippen LogP contribution is 2.19. The summed E-state index contributed by atoms with van der Waals surface area (Å²) in [6.07, 6.45) is 0. The van der Waals surface area contributed by atoms with Crippen LogP contribution in [0.4, 0.5) is 10.1 Å². The van der Waals surface area contributed by atoms with E-state index in [0.29, 0.717) is 11.3 Å². The van der Waals surface area contributed by atoms with E-state index in [-0.39, 0.29) is 11.3 Å². The van der Waals surface area contributed by atoms with Gasteiger partial charge in [-0.2, -0.15) is 0 Å². The molecule has 0 aliphatic heterocycles. The highest BCUT2D eigenvalue weighted by Gasteiger charge is 2.15. The van der Waals surface area contributed by atoms with Gasteiger partial charge >= 0.3 is 0 Å². The first-order valence-corrected chi connectivity index (χ1v) is 5.25. The van der Waals surface area contributed by atoms with Gasteiger partial charge in [-0.25, -0.2) is 4.39 Å². The van der Waals surface area contributed by atoms with Crippen molar-refractivity contribution in [1.29, 1.82) is 0 Å². The van der Waals surface area contributed by atoms with Gasteiger partial charge in [0, 0.05) is 11.3 Å². The summed E-state index contributed by atoms with van der Waals surface area (Å²) < 4.78 is 13.6. The Labute approximate surface area is 98.9 Å². The Morgan fingerprint density at radius 1 is 1.12 bits per heavy atom. The number of halogens is 1. The second-order valence-electron chi connectivity index (χ2n) is 3.90. The summed E-state index contributed by atoms with van der Waals surface area (Å²) in [6.45, 7) is 1.81. The van der Waals surface area contributed by atoms with Crippen molar-refractivity contribution in [2.75, 3.05) is 5.73 Å². The van der Waals surface area contributed by atoms with E-state index in [1.807, 2.05) is 6.92 Å². The van der Waals surface area contributed by atoms with Gasteiger partial charge in [-0.05, 0) is 31.2 Å². The average Bonchev–Trinajstić information content (AvgIpc) is 2.32. The predicted molar refractivity (Wildman–Crippen MR) is 65.4 cm³/mol. The van der Waals surface area contributed by atoms with Crippen LogP contribution >= 0.6 is 0 Å². The van der Waals surface area contributed by atoms with Crippen molar-refractivity contribution in [3.63, 3.8) is 0 Å². The van der Waals surface area contributed by atoms with Crippen LogP contribution in [-0.4, -0.2) is 5.78 Å². The lowest BCUT2D eigenvalue weighted by Crippen LogP contribution is -2.07. The van der Waals surface area contributed by atoms with E-state index in [1.165, 1.54) is 12.1 Å². The lowest BCUT2D eigenvalue weighted by atomic mass is 10.00. The molecule has 0 bridgehead atoms. The summed E-state index contributed by atoms with van der Waals surface area (Å²) in [6, 6.07) is 11.1. The van der Waals surface area contributed by atoms with Gasteiger partial charge in [-0.3, -0.25) is 4.79 Å². The Balaban J connectivity index is 2.51. The molecule has 0 amide bonds. The Morgan fingerprint density at radius 3 is 2.53 bits per heavy atom. The van der Waals surface area contributed by atoms with Crippen molar-refractivity contribution in [2.24, 2.45) is 0 Å². The molecule has 2 nitrogen and oxygen atoms in total. The topological polar surface area (TPSA) is 43.1 Å². The molecule has 0 radical (unpaired) electrons. The molecular weight excluding hydrogens is 217 g/mol. The number of carbonyl (C=O) groups excluding carboxylic acids is 1. The van der Waals surface area contributed by atoms with Crippen molar-refractivity contribution in [3.8, 4) is 0 Å². The Hall–Kier alpha value is -2.16. The second kappa shape index (κ2) is 4.37. The van der Waals surface area contributed by atoms with E-state index < -0.39 is 5.82 Å². The van der Waals surface area contributed by atoms with Crippen LogP contribution < -0.4 is 5.73 Å². The van der Waals surface area contributed by atoms with Gasteiger partial charge in [0.15, 0.2) is 5.78 Å². The summed E-state index contributed by atoms with van der Waals surface area (Å²) in [5, 5.41) is 0. The third-order valence-corrected chi connectivity index (χ3v) is 2.57. The summed E-state index contributed by atoms with van der Waals surface area (Å²) in [7, 11) is 0. The summed E-state index contributed by atoms with van der Waals surface area (Å²) in [5.41, 5.74) is 7.29. The van der Waals surface area contributed by atoms with Crippen molar-refractivity contribution >= 4 is 11.5 Å². The first kappa shape index (κ1) is 11.3. The van der Waals surface area contributed by atoms with Crippen LogP contribution in [0.3, 0.4) is 0 Å². The average molecular weight is 229 g/mol. The molecule has 0 saturated carbocycles. The number of para-hydroxylation sites is 1. The lowest BCUT2D eigenvalue weighted by Gasteiger charge is -2.06. The zero-order chi connectivity index (χ0) is 12.4. The minimum atomic E-state index is -0.524. The summed E-state index contributed by atoms with van der Waals surface area (Å²) in [4.78, 5) is 12.1. The maximum Gasteiger partial charge on any atom is 0.198 e. The molecule has 0 aromatic heterocycles. The molecule has 0 fully saturated rings. The van der Waals surface area contributed by atoms with E-state index in [0.717, 1.165) is 5.56 Å². The SMILES string of the molecule is Cc1ccc(F)c(C(=O)c2ccccc2N)c1. The van der Waals surface area contributed by atoms with E-state index in [9.17, 15) is 9.18 Å². The van der Waals surface area contributed by atoms with Crippen molar-refractivity contribution in [1.82, 2.24) is 0 Å². The van der Waals surface area contributed by atoms with Gasteiger partial charge in [0.05, 0.1) is 5.56 Å². The Bertz CT molecular complexity index is 578. The standard InChI is InChI=1S/C14H12FNO/c1-9-6-7-12(15)11(8-9)14(17)10-4-2-3-5-13(10)16/h2-8H,16H2,1H3. The van der Waals surface area contributed by atoms with E-state index in [1.54, 1.807) is 30.3 Å². The summed E-state index contributed by atoms with van der Waals surface area (Å²) in [5.74, 6) is -0.909. The Morgan fingerprint density at radius 2 is 1.82 bits per heavy atom. The fraction of sp³-hybridized carbons (Fsp3) is 0.0714. The largest absolute Gasteiger partial charge is 0.398 e. The van der Waals surface area contributed by atoms with Gasteiger partial charge in [-0.1, -0.05) is 23.8 Å². The maximum atomic E-state index is 13.6. The normalized spacial score (nSPS) is 10.2. The number of anilines is 1. The van der Waals surface area contributed by atoms with Gasteiger partial charge in [0.2, 0.25) is 0 Å². The van der Waals surface area contributed by atoms with Crippen LogP contribution in [0.5, 0.6) is 0 Å². The minimum absolute atomic E-state index is 0.0582. The van der Waals surface area contributed by atoms with Gasteiger partial charge < -0.3 is 5.73 Å². The van der Waals surface area contributed by atoms with Crippen LogP contribution in [-0.2, 0) is 0 Å². The van der Waals surface area contributed by atoms with Gasteiger partial charge in [0.1, 0.15) is 5.82 Å². The number of nitrogen functional groups attached to an aromatic ring is 1. The smallest absolute Gasteiger partial charge is 0.198 e. The van der Waals surface area contributed by atoms with Gasteiger partial charge in [-0.15, -0.1) is 0 Å². The molecule has 0 atom stereocenters. The first-order chi connectivity index (χ1) is 8.09. The van der Waals surface area contributed by atoms with Crippen molar-refractivity contribution in [3.05, 3.63) is 65.0 Å². The second-order valence-corrected chi connectivity index (χ2v) is 3.90. The first-order valence-electron chi connectivity index (χ1n) is 5.25. The molecule has 2 N–H and O–H groups in total. The number of carbonyl (C=O) groups is 1. The van der Waals surface area contributed by atoms with Gasteiger partial charge in [0.25, 0.3) is 0 Å². The van der Waals surface area contributed by atoms with Crippen LogP contribution in [0.25, 0.3) is 0 Å². The predicted octanol–water partition coefficient (Wildman–Crippen LogP) is 2.95. The number of aryl methyl sites for hydroxylation is 1. The van der Waals surface area contributed by atoms with Crippen LogP contribution in [0.15, 0.2) is 42.5 Å². The van der Waals surface area contributed by atoms with E-state index >= 15 is 0 Å². The molecule has 2 aromatic carbocycles. The number of hydrogen-bond donors (Lipinski definition) is 1. The Kier molecular flexibility index (Phi) is 2.91. The minimum Gasteiger partial charge on any atom is -0.398 e. The molecular formula is C14H12FNO. The molecule has 86 valence electrons. The third-order valence-electron chi connectivity index (χ3n) is 2.57. The van der Waals surface area contributed by atoms with E-state index in [2.05, 4.69) is 0 Å². The number of benzene rings is 2. The van der Waals surface area contributed by atoms with Crippen molar-refractivity contribution < 1.29 is 9.18 Å². The molecule has 2 rings (SSSR count). The molecule has 17 heavy (non-hydrogen) atoms. The highest BCUT2D eigenvalue weighted by atomic mass is 19.1. The fourth-order valence-electron chi connectivity index (χ4n) is 1.66. The van der Waals surface area contributed by atoms with Crippen LogP contribution in [0.2, 0.25) is 0 Å². The summed E-state index contributed by atoms with van der Waals surface area (Å²) >= 11 is 0. The number of ketones is 1. The van der Waals surface area contributed by atoms with Crippen LogP contribution in [0.1, 0.15) is 21.5 Å². The monoisotopic (exact) mass is 229 g/mol. The molecule has 0 aliphatic carbocycles. The number of nitrogens with two attached hydrogens (primary N) is 1. The molecule has 0 saturated heterocycles.